The predicted molar refractivity (Wildman–Crippen MR) is 74.1 cm³/mol. The molecule has 88 valence electrons. The molecule has 0 aromatic rings. The normalized spacial score (nSPS) is 19.6. The lowest BCUT2D eigenvalue weighted by Gasteiger charge is -2.23. The van der Waals surface area contributed by atoms with Crippen LogP contribution in [0.3, 0.4) is 0 Å². The lowest BCUT2D eigenvalue weighted by molar-refractivity contribution is 0.351. The van der Waals surface area contributed by atoms with Gasteiger partial charge in [0.25, 0.3) is 0 Å². The number of unbranched alkanes of at least 4 members (excludes halogenated alkanes) is 5. The summed E-state index contributed by atoms with van der Waals surface area (Å²) < 4.78 is 5.82. The lowest BCUT2D eigenvalue weighted by Crippen LogP contribution is -1.93. The van der Waals surface area contributed by atoms with Crippen molar-refractivity contribution in [2.75, 3.05) is 6.61 Å². The average molecular weight is 293 g/mol. The maximum Gasteiger partial charge on any atom is 0.0610 e. The van der Waals surface area contributed by atoms with Crippen molar-refractivity contribution in [3.63, 3.8) is 0 Å². The number of halogens is 1. The van der Waals surface area contributed by atoms with Gasteiger partial charge in [-0.15, -0.1) is 0 Å². The van der Waals surface area contributed by atoms with Gasteiger partial charge in [-0.25, -0.2) is 0 Å². The summed E-state index contributed by atoms with van der Waals surface area (Å²) in [7, 11) is -1.15. The smallest absolute Gasteiger partial charge is 0.0610 e. The van der Waals surface area contributed by atoms with Crippen molar-refractivity contribution in [1.82, 2.24) is 0 Å². The molecule has 0 unspecified atom stereocenters. The highest BCUT2D eigenvalue weighted by atomic mass is 79.9. The second-order valence-electron chi connectivity index (χ2n) is 3.82. The summed E-state index contributed by atoms with van der Waals surface area (Å²) >= 11 is 3.63. The number of rotatable bonds is 8. The van der Waals surface area contributed by atoms with Gasteiger partial charge in [-0.2, -0.15) is 0 Å². The molecule has 0 aliphatic carbocycles. The van der Waals surface area contributed by atoms with Crippen LogP contribution in [0.25, 0.3) is 0 Å². The molecule has 0 atom stereocenters. The summed E-state index contributed by atoms with van der Waals surface area (Å²) in [5.74, 6) is 0. The molecule has 0 saturated carbocycles. The Morgan fingerprint density at radius 1 is 1.00 bits per heavy atom. The summed E-state index contributed by atoms with van der Waals surface area (Å²) in [5.41, 5.74) is 0. The van der Waals surface area contributed by atoms with Gasteiger partial charge in [-0.05, 0) is 26.0 Å². The number of hydrogen-bond acceptors (Lipinski definition) is 1. The second-order valence-corrected chi connectivity index (χ2v) is 8.77. The summed E-state index contributed by atoms with van der Waals surface area (Å²) in [4.78, 5) is 0. The van der Waals surface area contributed by atoms with Crippen LogP contribution < -0.4 is 0 Å². The van der Waals surface area contributed by atoms with E-state index in [1.807, 2.05) is 12.2 Å². The summed E-state index contributed by atoms with van der Waals surface area (Å²) in [6.07, 6.45) is 12.0. The Kier molecular flexibility index (Phi) is 6.69. The zero-order chi connectivity index (χ0) is 11.0. The van der Waals surface area contributed by atoms with Crippen molar-refractivity contribution in [3.8, 4) is 0 Å². The molecule has 15 heavy (non-hydrogen) atoms. The van der Waals surface area contributed by atoms with Crippen LogP contribution in [0.5, 0.6) is 0 Å². The molecule has 1 nitrogen and oxygen atoms in total. The first-order valence-electron chi connectivity index (χ1n) is 5.79. The van der Waals surface area contributed by atoms with Crippen molar-refractivity contribution in [3.05, 3.63) is 23.0 Å². The quantitative estimate of drug-likeness (QED) is 0.542. The van der Waals surface area contributed by atoms with Gasteiger partial charge >= 0.3 is 0 Å². The van der Waals surface area contributed by atoms with Gasteiger partial charge in [0.05, 0.1) is 6.61 Å². The van der Waals surface area contributed by atoms with Gasteiger partial charge in [0, 0.05) is 14.8 Å². The van der Waals surface area contributed by atoms with E-state index in [0.29, 0.717) is 0 Å². The SMILES string of the molecule is CCCCCCCCOS1(Br)C=CC=C1. The third-order valence-electron chi connectivity index (χ3n) is 2.40. The highest BCUT2D eigenvalue weighted by Gasteiger charge is 2.15. The van der Waals surface area contributed by atoms with Crippen LogP contribution in [-0.4, -0.2) is 6.61 Å². The van der Waals surface area contributed by atoms with Crippen molar-refractivity contribution in [2.45, 2.75) is 45.4 Å². The van der Waals surface area contributed by atoms with Crippen LogP contribution in [0.1, 0.15) is 45.4 Å². The van der Waals surface area contributed by atoms with E-state index in [0.717, 1.165) is 6.61 Å². The standard InChI is InChI=1S/C12H21BrOS/c1-2-3-4-5-6-7-10-14-15(13)11-8-9-12-15/h8-9,11-12H,2-7,10H2,1H3. The second kappa shape index (κ2) is 7.53. The molecule has 0 aromatic heterocycles. The maximum absolute atomic E-state index is 5.82. The lowest BCUT2D eigenvalue weighted by atomic mass is 10.1. The zero-order valence-corrected chi connectivity index (χ0v) is 11.9. The fourth-order valence-corrected chi connectivity index (χ4v) is 3.87. The molecule has 0 fully saturated rings. The number of allylic oxidation sites excluding steroid dienone is 2. The maximum atomic E-state index is 5.82. The van der Waals surface area contributed by atoms with E-state index in [1.165, 1.54) is 38.5 Å². The first kappa shape index (κ1) is 13.3. The highest BCUT2D eigenvalue weighted by molar-refractivity contribution is 9.58. The highest BCUT2D eigenvalue weighted by Crippen LogP contribution is 2.61. The molecule has 1 aliphatic heterocycles. The van der Waals surface area contributed by atoms with E-state index >= 15 is 0 Å². The molecule has 1 rings (SSSR count). The molecule has 0 bridgehead atoms. The molecule has 0 spiro atoms. The van der Waals surface area contributed by atoms with Gasteiger partial charge < -0.3 is 4.18 Å². The molecule has 0 radical (unpaired) electrons. The van der Waals surface area contributed by atoms with Crippen molar-refractivity contribution < 1.29 is 4.18 Å². The molecule has 0 amide bonds. The topological polar surface area (TPSA) is 9.23 Å². The Morgan fingerprint density at radius 2 is 1.60 bits per heavy atom. The van der Waals surface area contributed by atoms with Crippen LogP contribution in [0.2, 0.25) is 0 Å². The van der Waals surface area contributed by atoms with Crippen molar-refractivity contribution in [1.29, 1.82) is 0 Å². The van der Waals surface area contributed by atoms with Gasteiger partial charge in [-0.1, -0.05) is 51.2 Å². The minimum atomic E-state index is -1.15. The van der Waals surface area contributed by atoms with Gasteiger partial charge in [0.15, 0.2) is 0 Å². The Morgan fingerprint density at radius 3 is 2.27 bits per heavy atom. The van der Waals surface area contributed by atoms with Crippen molar-refractivity contribution >= 4 is 23.6 Å². The third-order valence-corrected chi connectivity index (χ3v) is 5.84. The van der Waals surface area contributed by atoms with Crippen LogP contribution in [-0.2, 0) is 4.18 Å². The minimum Gasteiger partial charge on any atom is -0.319 e. The molecule has 0 aromatic carbocycles. The average Bonchev–Trinajstić information content (AvgIpc) is 2.64. The van der Waals surface area contributed by atoms with Crippen LogP contribution in [0.4, 0.5) is 0 Å². The van der Waals surface area contributed by atoms with E-state index in [4.69, 9.17) is 4.18 Å². The van der Waals surface area contributed by atoms with E-state index in [1.54, 1.807) is 0 Å². The van der Waals surface area contributed by atoms with E-state index in [-0.39, 0.29) is 0 Å². The molecule has 0 saturated heterocycles. The van der Waals surface area contributed by atoms with Gasteiger partial charge in [-0.3, -0.25) is 0 Å². The molecule has 3 heteroatoms. The predicted octanol–water partition coefficient (Wildman–Crippen LogP) is 5.43. The summed E-state index contributed by atoms with van der Waals surface area (Å²) in [6, 6.07) is 0. The molecular formula is C12H21BrOS. The zero-order valence-electron chi connectivity index (χ0n) is 9.45. The number of hydrogen-bond donors (Lipinski definition) is 0. The van der Waals surface area contributed by atoms with E-state index in [9.17, 15) is 0 Å². The molecule has 1 heterocycles. The first-order chi connectivity index (χ1) is 7.27. The van der Waals surface area contributed by atoms with Gasteiger partial charge in [0.1, 0.15) is 0 Å². The summed E-state index contributed by atoms with van der Waals surface area (Å²) in [6.45, 7) is 3.13. The Balaban J connectivity index is 1.93. The van der Waals surface area contributed by atoms with Gasteiger partial charge in [0.2, 0.25) is 0 Å². The fraction of sp³-hybridized carbons (Fsp3) is 0.667. The molecule has 1 aliphatic rings. The van der Waals surface area contributed by atoms with Crippen LogP contribution >= 0.6 is 23.6 Å². The Bertz CT molecular complexity index is 214. The van der Waals surface area contributed by atoms with Crippen LogP contribution in [0.15, 0.2) is 23.0 Å². The first-order valence-corrected chi connectivity index (χ1v) is 9.32. The molecule has 0 N–H and O–H groups in total. The fourth-order valence-electron chi connectivity index (χ4n) is 1.50. The van der Waals surface area contributed by atoms with E-state index < -0.39 is 8.74 Å². The Labute approximate surface area is 103 Å². The minimum absolute atomic E-state index is 0.876. The summed E-state index contributed by atoms with van der Waals surface area (Å²) in [5, 5.41) is 4.23. The molecular weight excluding hydrogens is 272 g/mol. The monoisotopic (exact) mass is 292 g/mol. The largest absolute Gasteiger partial charge is 0.319 e. The van der Waals surface area contributed by atoms with Crippen LogP contribution in [0, 0.1) is 0 Å². The Hall–Kier alpha value is 0.270. The van der Waals surface area contributed by atoms with Crippen molar-refractivity contribution in [2.24, 2.45) is 0 Å². The van der Waals surface area contributed by atoms with E-state index in [2.05, 4.69) is 32.6 Å². The third kappa shape index (κ3) is 5.79.